The van der Waals surface area contributed by atoms with Crippen LogP contribution < -0.4 is 10.2 Å². The second kappa shape index (κ2) is 6.10. The third-order valence-electron chi connectivity index (χ3n) is 4.21. The van der Waals surface area contributed by atoms with Gasteiger partial charge in [-0.3, -0.25) is 0 Å². The maximum Gasteiger partial charge on any atom is 0.0578 e. The highest BCUT2D eigenvalue weighted by Gasteiger charge is 2.16. The molecule has 0 bridgehead atoms. The lowest BCUT2D eigenvalue weighted by molar-refractivity contribution is 0.696. The van der Waals surface area contributed by atoms with Crippen molar-refractivity contribution >= 4 is 22.7 Å². The lowest BCUT2D eigenvalue weighted by Gasteiger charge is -2.16. The normalized spacial score (nSPS) is 15.4. The highest BCUT2D eigenvalue weighted by atomic mass is 32.1. The van der Waals surface area contributed by atoms with Gasteiger partial charge in [0.2, 0.25) is 0 Å². The summed E-state index contributed by atoms with van der Waals surface area (Å²) in [5.74, 6) is 0. The van der Waals surface area contributed by atoms with Gasteiger partial charge in [0.05, 0.1) is 6.04 Å². The Bertz CT molecular complexity index is 575. The van der Waals surface area contributed by atoms with Crippen LogP contribution in [0.3, 0.4) is 0 Å². The van der Waals surface area contributed by atoms with Gasteiger partial charge in [0.1, 0.15) is 0 Å². The summed E-state index contributed by atoms with van der Waals surface area (Å²) in [5, 5.41) is 3.63. The second-order valence-corrected chi connectivity index (χ2v) is 7.28. The predicted molar refractivity (Wildman–Crippen MR) is 93.8 cm³/mol. The van der Waals surface area contributed by atoms with Crippen molar-refractivity contribution in [3.05, 3.63) is 45.6 Å². The molecule has 2 aromatic rings. The standard InChI is InChI=1S/C18H24N2S/c1-13(18-12-14-6-4-5-7-17(14)21-18)19-15-8-10-16(11-9-15)20(2)3/h8-13,19H,4-7H2,1-3H3. The summed E-state index contributed by atoms with van der Waals surface area (Å²) in [4.78, 5) is 5.21. The molecule has 3 rings (SSSR count). The first kappa shape index (κ1) is 14.5. The van der Waals surface area contributed by atoms with Crippen molar-refractivity contribution in [1.29, 1.82) is 0 Å². The van der Waals surface area contributed by atoms with Crippen LogP contribution in [0.4, 0.5) is 11.4 Å². The van der Waals surface area contributed by atoms with Crippen molar-refractivity contribution in [2.45, 2.75) is 38.6 Å². The van der Waals surface area contributed by atoms with Crippen LogP contribution in [0.25, 0.3) is 0 Å². The lowest BCUT2D eigenvalue weighted by Crippen LogP contribution is -2.09. The van der Waals surface area contributed by atoms with Crippen LogP contribution >= 0.6 is 11.3 Å². The first-order valence-electron chi connectivity index (χ1n) is 7.79. The summed E-state index contributed by atoms with van der Waals surface area (Å²) in [6.45, 7) is 2.26. The average molecular weight is 300 g/mol. The summed E-state index contributed by atoms with van der Waals surface area (Å²) >= 11 is 2.00. The molecule has 0 saturated carbocycles. The minimum absolute atomic E-state index is 0.380. The van der Waals surface area contributed by atoms with Gasteiger partial charge >= 0.3 is 0 Å². The van der Waals surface area contributed by atoms with E-state index in [1.54, 1.807) is 10.4 Å². The Kier molecular flexibility index (Phi) is 4.20. The Morgan fingerprint density at radius 3 is 2.48 bits per heavy atom. The number of rotatable bonds is 4. The summed E-state index contributed by atoms with van der Waals surface area (Å²) in [5.41, 5.74) is 4.03. The molecule has 1 aromatic carbocycles. The van der Waals surface area contributed by atoms with Crippen molar-refractivity contribution in [3.63, 3.8) is 0 Å². The number of benzene rings is 1. The molecule has 1 aliphatic carbocycles. The van der Waals surface area contributed by atoms with E-state index in [2.05, 4.69) is 61.6 Å². The highest BCUT2D eigenvalue weighted by Crippen LogP contribution is 2.34. The SMILES string of the molecule is CC(Nc1ccc(N(C)C)cc1)c1cc2c(s1)CCCC2. The summed E-state index contributed by atoms with van der Waals surface area (Å²) in [6.07, 6.45) is 5.28. The summed E-state index contributed by atoms with van der Waals surface area (Å²) in [7, 11) is 4.14. The van der Waals surface area contributed by atoms with Gasteiger partial charge in [-0.1, -0.05) is 0 Å². The number of aryl methyl sites for hydroxylation is 2. The van der Waals surface area contributed by atoms with Gasteiger partial charge in [0.25, 0.3) is 0 Å². The van der Waals surface area contributed by atoms with E-state index in [9.17, 15) is 0 Å². The molecule has 0 amide bonds. The third kappa shape index (κ3) is 3.24. The Morgan fingerprint density at radius 2 is 1.81 bits per heavy atom. The minimum Gasteiger partial charge on any atom is -0.378 e. The van der Waals surface area contributed by atoms with E-state index in [1.165, 1.54) is 41.9 Å². The van der Waals surface area contributed by atoms with Gasteiger partial charge in [-0.2, -0.15) is 0 Å². The van der Waals surface area contributed by atoms with Gasteiger partial charge in [-0.15, -0.1) is 11.3 Å². The fourth-order valence-electron chi connectivity index (χ4n) is 2.90. The average Bonchev–Trinajstić information content (AvgIpc) is 2.92. The summed E-state index contributed by atoms with van der Waals surface area (Å²) in [6, 6.07) is 11.5. The molecule has 0 aliphatic heterocycles. The topological polar surface area (TPSA) is 15.3 Å². The van der Waals surface area contributed by atoms with Crippen molar-refractivity contribution < 1.29 is 0 Å². The molecule has 1 aliphatic rings. The van der Waals surface area contributed by atoms with E-state index < -0.39 is 0 Å². The van der Waals surface area contributed by atoms with Crippen molar-refractivity contribution in [3.8, 4) is 0 Å². The van der Waals surface area contributed by atoms with E-state index >= 15 is 0 Å². The Hall–Kier alpha value is -1.48. The van der Waals surface area contributed by atoms with Gasteiger partial charge in [0.15, 0.2) is 0 Å². The van der Waals surface area contributed by atoms with Crippen LogP contribution in [-0.4, -0.2) is 14.1 Å². The minimum atomic E-state index is 0.380. The first-order valence-corrected chi connectivity index (χ1v) is 8.60. The van der Waals surface area contributed by atoms with Crippen molar-refractivity contribution in [1.82, 2.24) is 0 Å². The van der Waals surface area contributed by atoms with Crippen molar-refractivity contribution in [2.75, 3.05) is 24.3 Å². The second-order valence-electron chi connectivity index (χ2n) is 6.11. The zero-order valence-electron chi connectivity index (χ0n) is 13.1. The molecule has 1 N–H and O–H groups in total. The zero-order chi connectivity index (χ0) is 14.8. The number of anilines is 2. The Labute approximate surface area is 131 Å². The largest absolute Gasteiger partial charge is 0.378 e. The van der Waals surface area contributed by atoms with Crippen LogP contribution in [0.1, 0.15) is 41.1 Å². The lowest BCUT2D eigenvalue weighted by atomic mass is 9.99. The van der Waals surface area contributed by atoms with Crippen LogP contribution in [-0.2, 0) is 12.8 Å². The van der Waals surface area contributed by atoms with Crippen LogP contribution in [0, 0.1) is 0 Å². The van der Waals surface area contributed by atoms with Crippen LogP contribution in [0.2, 0.25) is 0 Å². The van der Waals surface area contributed by atoms with E-state index in [-0.39, 0.29) is 0 Å². The molecule has 112 valence electrons. The Morgan fingerprint density at radius 1 is 1.10 bits per heavy atom. The highest BCUT2D eigenvalue weighted by molar-refractivity contribution is 7.12. The van der Waals surface area contributed by atoms with Crippen molar-refractivity contribution in [2.24, 2.45) is 0 Å². The number of fused-ring (bicyclic) bond motifs is 1. The fraction of sp³-hybridized carbons (Fsp3) is 0.444. The summed E-state index contributed by atoms with van der Waals surface area (Å²) < 4.78 is 0. The maximum absolute atomic E-state index is 3.63. The smallest absolute Gasteiger partial charge is 0.0578 e. The van der Waals surface area contributed by atoms with Gasteiger partial charge < -0.3 is 10.2 Å². The molecule has 1 aromatic heterocycles. The molecule has 0 spiro atoms. The number of nitrogens with one attached hydrogen (secondary N) is 1. The maximum atomic E-state index is 3.63. The molecule has 21 heavy (non-hydrogen) atoms. The van der Waals surface area contributed by atoms with E-state index in [0.29, 0.717) is 6.04 Å². The van der Waals surface area contributed by atoms with Gasteiger partial charge in [-0.25, -0.2) is 0 Å². The first-order chi connectivity index (χ1) is 10.1. The molecular weight excluding hydrogens is 276 g/mol. The number of hydrogen-bond acceptors (Lipinski definition) is 3. The van der Waals surface area contributed by atoms with Crippen LogP contribution in [0.5, 0.6) is 0 Å². The number of nitrogens with zero attached hydrogens (tertiary/aromatic N) is 1. The molecule has 0 saturated heterocycles. The van der Waals surface area contributed by atoms with Gasteiger partial charge in [-0.05, 0) is 68.5 Å². The molecule has 0 radical (unpaired) electrons. The van der Waals surface area contributed by atoms with Gasteiger partial charge in [0, 0.05) is 35.2 Å². The molecule has 1 atom stereocenters. The molecule has 3 heteroatoms. The number of hydrogen-bond donors (Lipinski definition) is 1. The molecule has 1 heterocycles. The third-order valence-corrected chi connectivity index (χ3v) is 5.63. The van der Waals surface area contributed by atoms with Crippen LogP contribution in [0.15, 0.2) is 30.3 Å². The molecule has 0 fully saturated rings. The zero-order valence-corrected chi connectivity index (χ0v) is 14.0. The van der Waals surface area contributed by atoms with E-state index in [4.69, 9.17) is 0 Å². The molecular formula is C18H24N2S. The predicted octanol–water partition coefficient (Wildman–Crippen LogP) is 4.87. The quantitative estimate of drug-likeness (QED) is 0.867. The van der Waals surface area contributed by atoms with E-state index in [0.717, 1.165) is 0 Å². The van der Waals surface area contributed by atoms with E-state index in [1.807, 2.05) is 11.3 Å². The monoisotopic (exact) mass is 300 g/mol. The Balaban J connectivity index is 1.70. The fourth-order valence-corrected chi connectivity index (χ4v) is 4.16. The molecule has 2 nitrogen and oxygen atoms in total. The molecule has 1 unspecified atom stereocenters. The number of thiophene rings is 1.